The smallest absolute Gasteiger partial charge is 0.148 e. The second kappa shape index (κ2) is 8.66. The van der Waals surface area contributed by atoms with Gasteiger partial charge in [0.1, 0.15) is 18.0 Å². The predicted molar refractivity (Wildman–Crippen MR) is 80.1 cm³/mol. The normalized spacial score (nSPS) is 10.8. The van der Waals surface area contributed by atoms with Crippen LogP contribution in [-0.4, -0.2) is 42.1 Å². The van der Waals surface area contributed by atoms with Crippen LogP contribution in [0.1, 0.15) is 31.7 Å². The van der Waals surface area contributed by atoms with E-state index in [9.17, 15) is 0 Å². The molecule has 0 bridgehead atoms. The van der Waals surface area contributed by atoms with Gasteiger partial charge in [-0.15, -0.1) is 0 Å². The van der Waals surface area contributed by atoms with Crippen molar-refractivity contribution in [3.63, 3.8) is 0 Å². The Bertz CT molecular complexity index is 366. The predicted octanol–water partition coefficient (Wildman–Crippen LogP) is 1.47. The van der Waals surface area contributed by atoms with Gasteiger partial charge in [-0.3, -0.25) is 0 Å². The highest BCUT2D eigenvalue weighted by molar-refractivity contribution is 5.56. The second-order valence-corrected chi connectivity index (χ2v) is 4.88. The summed E-state index contributed by atoms with van der Waals surface area (Å²) in [7, 11) is 4.19. The van der Waals surface area contributed by atoms with Crippen LogP contribution in [0.4, 0.5) is 11.6 Å². The van der Waals surface area contributed by atoms with Crippen molar-refractivity contribution >= 4 is 11.6 Å². The third-order valence-electron chi connectivity index (χ3n) is 2.91. The second-order valence-electron chi connectivity index (χ2n) is 4.88. The minimum Gasteiger partial charge on any atom is -0.370 e. The average molecular weight is 266 g/mol. The molecule has 0 spiro atoms. The highest BCUT2D eigenvalue weighted by Gasteiger charge is 2.09. The summed E-state index contributed by atoms with van der Waals surface area (Å²) in [6, 6.07) is 0. The molecule has 1 aromatic heterocycles. The lowest BCUT2D eigenvalue weighted by Crippen LogP contribution is -2.16. The van der Waals surface area contributed by atoms with Crippen molar-refractivity contribution < 1.29 is 0 Å². The summed E-state index contributed by atoms with van der Waals surface area (Å²) in [5.41, 5.74) is 3.71. The van der Waals surface area contributed by atoms with Gasteiger partial charge >= 0.3 is 0 Å². The van der Waals surface area contributed by atoms with Crippen molar-refractivity contribution in [2.45, 2.75) is 32.6 Å². The van der Waals surface area contributed by atoms with Crippen molar-refractivity contribution in [1.82, 2.24) is 14.9 Å². The number of nitrogens with two attached hydrogens (primary N) is 1. The minimum atomic E-state index is 0.715. The first-order chi connectivity index (χ1) is 9.19. The minimum absolute atomic E-state index is 0.715. The van der Waals surface area contributed by atoms with Gasteiger partial charge in [-0.2, -0.15) is 0 Å². The van der Waals surface area contributed by atoms with Gasteiger partial charge in [0.25, 0.3) is 0 Å². The van der Waals surface area contributed by atoms with Gasteiger partial charge in [-0.25, -0.2) is 15.8 Å². The van der Waals surface area contributed by atoms with Crippen LogP contribution in [0, 0.1) is 0 Å². The highest BCUT2D eigenvalue weighted by Crippen LogP contribution is 2.20. The fraction of sp³-hybridized carbons (Fsp3) is 0.692. The molecule has 0 saturated heterocycles. The first-order valence-electron chi connectivity index (χ1n) is 6.88. The zero-order valence-corrected chi connectivity index (χ0v) is 12.2. The Kier molecular flexibility index (Phi) is 7.14. The maximum absolute atomic E-state index is 5.49. The molecule has 0 amide bonds. The molecule has 0 atom stereocenters. The summed E-state index contributed by atoms with van der Waals surface area (Å²) in [5, 5.41) is 3.38. The summed E-state index contributed by atoms with van der Waals surface area (Å²) >= 11 is 0. The Hall–Kier alpha value is -1.40. The maximum atomic E-state index is 5.49. The number of hydrazine groups is 1. The molecule has 0 saturated carbocycles. The van der Waals surface area contributed by atoms with Crippen LogP contribution in [0.5, 0.6) is 0 Å². The number of nitrogens with zero attached hydrogens (tertiary/aromatic N) is 3. The molecule has 0 fully saturated rings. The van der Waals surface area contributed by atoms with Crippen LogP contribution < -0.4 is 16.6 Å². The lowest BCUT2D eigenvalue weighted by Gasteiger charge is -2.14. The molecule has 6 nitrogen and oxygen atoms in total. The lowest BCUT2D eigenvalue weighted by atomic mass is 10.1. The number of anilines is 2. The summed E-state index contributed by atoms with van der Waals surface area (Å²) in [6.07, 6.45) is 5.80. The number of hydrogen-bond acceptors (Lipinski definition) is 6. The zero-order chi connectivity index (χ0) is 14.1. The van der Waals surface area contributed by atoms with E-state index in [4.69, 9.17) is 5.84 Å². The van der Waals surface area contributed by atoms with E-state index in [-0.39, 0.29) is 0 Å². The maximum Gasteiger partial charge on any atom is 0.148 e. The summed E-state index contributed by atoms with van der Waals surface area (Å²) < 4.78 is 0. The van der Waals surface area contributed by atoms with Gasteiger partial charge in [-0.1, -0.05) is 13.3 Å². The molecule has 0 aliphatic heterocycles. The van der Waals surface area contributed by atoms with Crippen LogP contribution in [0.15, 0.2) is 6.33 Å². The molecule has 0 unspecified atom stereocenters. The van der Waals surface area contributed by atoms with Crippen molar-refractivity contribution in [3.8, 4) is 0 Å². The van der Waals surface area contributed by atoms with Gasteiger partial charge in [0.15, 0.2) is 0 Å². The van der Waals surface area contributed by atoms with Crippen molar-refractivity contribution in [2.75, 3.05) is 37.9 Å². The molecule has 0 aliphatic rings. The number of rotatable bonds is 9. The topological polar surface area (TPSA) is 79.1 Å². The van der Waals surface area contributed by atoms with Crippen LogP contribution in [0.2, 0.25) is 0 Å². The molecule has 0 aromatic carbocycles. The zero-order valence-electron chi connectivity index (χ0n) is 12.2. The van der Waals surface area contributed by atoms with Gasteiger partial charge in [0.2, 0.25) is 0 Å². The summed E-state index contributed by atoms with van der Waals surface area (Å²) in [5.74, 6) is 7.10. The Morgan fingerprint density at radius 2 is 1.95 bits per heavy atom. The molecular weight excluding hydrogens is 240 g/mol. The van der Waals surface area contributed by atoms with Gasteiger partial charge < -0.3 is 15.6 Å². The quantitative estimate of drug-likeness (QED) is 0.357. The highest BCUT2D eigenvalue weighted by atomic mass is 15.3. The first kappa shape index (κ1) is 15.7. The van der Waals surface area contributed by atoms with E-state index in [0.717, 1.165) is 43.7 Å². The SMILES string of the molecule is CCCc1c(NN)ncnc1NCCCCN(C)C. The molecule has 0 radical (unpaired) electrons. The summed E-state index contributed by atoms with van der Waals surface area (Å²) in [6.45, 7) is 4.17. The van der Waals surface area contributed by atoms with Gasteiger partial charge in [0.05, 0.1) is 0 Å². The molecule has 1 rings (SSSR count). The number of aromatic nitrogens is 2. The fourth-order valence-corrected chi connectivity index (χ4v) is 1.94. The molecule has 6 heteroatoms. The Morgan fingerprint density at radius 3 is 2.58 bits per heavy atom. The van der Waals surface area contributed by atoms with Crippen LogP contribution in [0.3, 0.4) is 0 Å². The van der Waals surface area contributed by atoms with E-state index < -0.39 is 0 Å². The molecule has 1 aromatic rings. The van der Waals surface area contributed by atoms with Gasteiger partial charge in [0, 0.05) is 12.1 Å². The van der Waals surface area contributed by atoms with Crippen molar-refractivity contribution in [2.24, 2.45) is 5.84 Å². The van der Waals surface area contributed by atoms with Crippen molar-refractivity contribution in [3.05, 3.63) is 11.9 Å². The first-order valence-corrected chi connectivity index (χ1v) is 6.88. The van der Waals surface area contributed by atoms with E-state index in [2.05, 4.69) is 46.6 Å². The monoisotopic (exact) mass is 266 g/mol. The third-order valence-corrected chi connectivity index (χ3v) is 2.91. The standard InChI is InChI=1S/C13H26N6/c1-4-7-11-12(16-10-17-13(11)18-14)15-8-5-6-9-19(2)3/h10H,4-9,14H2,1-3H3,(H2,15,16,17,18). The Balaban J connectivity index is 2.52. The number of nitrogens with one attached hydrogen (secondary N) is 2. The number of unbranched alkanes of at least 4 members (excludes halogenated alkanes) is 1. The van der Waals surface area contributed by atoms with E-state index in [1.807, 2.05) is 0 Å². The summed E-state index contributed by atoms with van der Waals surface area (Å²) in [4.78, 5) is 10.7. The van der Waals surface area contributed by atoms with Crippen LogP contribution >= 0.6 is 0 Å². The molecule has 4 N–H and O–H groups in total. The number of nitrogen functional groups attached to an aromatic ring is 1. The van der Waals surface area contributed by atoms with Crippen LogP contribution in [-0.2, 0) is 6.42 Å². The van der Waals surface area contributed by atoms with E-state index in [1.165, 1.54) is 12.7 Å². The third kappa shape index (κ3) is 5.40. The molecular formula is C13H26N6. The molecule has 108 valence electrons. The van der Waals surface area contributed by atoms with Gasteiger partial charge in [-0.05, 0) is 39.9 Å². The van der Waals surface area contributed by atoms with E-state index >= 15 is 0 Å². The van der Waals surface area contributed by atoms with E-state index in [1.54, 1.807) is 0 Å². The Morgan fingerprint density at radius 1 is 1.21 bits per heavy atom. The van der Waals surface area contributed by atoms with Crippen LogP contribution in [0.25, 0.3) is 0 Å². The van der Waals surface area contributed by atoms with E-state index in [0.29, 0.717) is 5.82 Å². The number of hydrogen-bond donors (Lipinski definition) is 3. The molecule has 1 heterocycles. The lowest BCUT2D eigenvalue weighted by molar-refractivity contribution is 0.396. The van der Waals surface area contributed by atoms with Crippen molar-refractivity contribution in [1.29, 1.82) is 0 Å². The molecule has 0 aliphatic carbocycles. The fourth-order valence-electron chi connectivity index (χ4n) is 1.94. The molecule has 19 heavy (non-hydrogen) atoms. The largest absolute Gasteiger partial charge is 0.370 e. The Labute approximate surface area is 115 Å². The average Bonchev–Trinajstić information content (AvgIpc) is 2.39.